The van der Waals surface area contributed by atoms with Crippen molar-refractivity contribution in [1.82, 2.24) is 0 Å². The Morgan fingerprint density at radius 3 is 1.89 bits per heavy atom. The Labute approximate surface area is 201 Å². The van der Waals surface area contributed by atoms with Crippen molar-refractivity contribution in [3.8, 4) is 5.75 Å². The van der Waals surface area contributed by atoms with Gasteiger partial charge < -0.3 is 34.3 Å². The molecule has 3 N–H and O–H groups in total. The van der Waals surface area contributed by atoms with Crippen LogP contribution in [0.4, 0.5) is 32.0 Å². The van der Waals surface area contributed by atoms with Gasteiger partial charge in [-0.1, -0.05) is 12.1 Å². The van der Waals surface area contributed by atoms with E-state index in [9.17, 15) is 36.6 Å². The maximum atomic E-state index is 13.3. The highest BCUT2D eigenvalue weighted by Gasteiger charge is 2.52. The first kappa shape index (κ1) is 31.8. The minimum Gasteiger partial charge on any atom is -0.491 e. The standard InChI is InChI=1S/C20H25F6NO9/c1-27-14-2-4-17(5-3-14)34-11-16(30)10-33-9-15(29)8-31-6-7-32-13-19(23,24)36-20(25,26)35-18(21,22)12-28/h2-5,15-16,28-30H,6-13H2. The van der Waals surface area contributed by atoms with Crippen LogP contribution in [0.5, 0.6) is 5.75 Å². The molecule has 1 aromatic carbocycles. The van der Waals surface area contributed by atoms with Gasteiger partial charge in [-0.25, -0.2) is 14.3 Å². The van der Waals surface area contributed by atoms with E-state index in [-0.39, 0.29) is 33.0 Å². The van der Waals surface area contributed by atoms with Crippen LogP contribution in [0.25, 0.3) is 4.85 Å². The van der Waals surface area contributed by atoms with Crippen molar-refractivity contribution in [3.63, 3.8) is 0 Å². The molecule has 0 spiro atoms. The first-order valence-electron chi connectivity index (χ1n) is 10.1. The molecule has 1 rings (SSSR count). The van der Waals surface area contributed by atoms with Crippen molar-refractivity contribution < 1.29 is 70.1 Å². The van der Waals surface area contributed by atoms with E-state index in [4.69, 9.17) is 25.9 Å². The Kier molecular flexibility index (Phi) is 13.4. The maximum absolute atomic E-state index is 13.3. The highest BCUT2D eigenvalue weighted by molar-refractivity contribution is 5.46. The molecule has 206 valence electrons. The molecule has 16 heteroatoms. The van der Waals surface area contributed by atoms with Gasteiger partial charge in [0, 0.05) is 0 Å². The van der Waals surface area contributed by atoms with Crippen LogP contribution in [0.2, 0.25) is 0 Å². The minimum atomic E-state index is -5.41. The summed E-state index contributed by atoms with van der Waals surface area (Å²) in [5, 5.41) is 27.6. The molecule has 0 aliphatic rings. The van der Waals surface area contributed by atoms with Gasteiger partial charge in [0.25, 0.3) is 0 Å². The molecule has 1 aromatic rings. The van der Waals surface area contributed by atoms with Gasteiger partial charge in [0.2, 0.25) is 0 Å². The third-order valence-electron chi connectivity index (χ3n) is 3.70. The Morgan fingerprint density at radius 1 is 0.778 bits per heavy atom. The lowest BCUT2D eigenvalue weighted by Crippen LogP contribution is -2.43. The number of nitrogens with zero attached hydrogens (tertiary/aromatic N) is 1. The summed E-state index contributed by atoms with van der Waals surface area (Å²) in [7, 11) is 0. The van der Waals surface area contributed by atoms with Gasteiger partial charge in [-0.2, -0.15) is 17.6 Å². The molecule has 0 amide bonds. The van der Waals surface area contributed by atoms with Crippen LogP contribution in [0.3, 0.4) is 0 Å². The molecule has 10 nitrogen and oxygen atoms in total. The molecule has 0 fully saturated rings. The van der Waals surface area contributed by atoms with E-state index >= 15 is 0 Å². The van der Waals surface area contributed by atoms with E-state index in [1.54, 1.807) is 24.3 Å². The number of aliphatic hydroxyl groups excluding tert-OH is 3. The fraction of sp³-hybridized carbons (Fsp3) is 0.650. The zero-order valence-corrected chi connectivity index (χ0v) is 18.6. The van der Waals surface area contributed by atoms with Crippen LogP contribution in [-0.2, 0) is 23.7 Å². The minimum absolute atomic E-state index is 0.114. The average molecular weight is 537 g/mol. The lowest BCUT2D eigenvalue weighted by molar-refractivity contribution is -0.517. The summed E-state index contributed by atoms with van der Waals surface area (Å²) in [6.45, 7) is 1.13. The van der Waals surface area contributed by atoms with Crippen molar-refractivity contribution in [1.29, 1.82) is 0 Å². The molecule has 0 aliphatic heterocycles. The number of aliphatic hydroxyl groups is 3. The van der Waals surface area contributed by atoms with Gasteiger partial charge >= 0.3 is 18.5 Å². The second kappa shape index (κ2) is 15.1. The lowest BCUT2D eigenvalue weighted by atomic mass is 10.3. The quantitative estimate of drug-likeness (QED) is 0.106. The zero-order chi connectivity index (χ0) is 27.2. The second-order valence-electron chi connectivity index (χ2n) is 6.99. The molecule has 0 radical (unpaired) electrons. The number of ether oxygens (including phenoxy) is 6. The zero-order valence-electron chi connectivity index (χ0n) is 18.6. The van der Waals surface area contributed by atoms with E-state index in [1.165, 1.54) is 0 Å². The number of hydrogen-bond donors (Lipinski definition) is 3. The predicted octanol–water partition coefficient (Wildman–Crippen LogP) is 2.15. The smallest absolute Gasteiger partial charge is 0.491 e. The largest absolute Gasteiger partial charge is 0.495 e. The summed E-state index contributed by atoms with van der Waals surface area (Å²) in [5.74, 6) is 0.437. The number of alkyl halides is 6. The predicted molar refractivity (Wildman–Crippen MR) is 107 cm³/mol. The summed E-state index contributed by atoms with van der Waals surface area (Å²) in [4.78, 5) is 3.23. The summed E-state index contributed by atoms with van der Waals surface area (Å²) in [6.07, 6.45) is -17.1. The third-order valence-corrected chi connectivity index (χ3v) is 3.70. The van der Waals surface area contributed by atoms with Gasteiger partial charge in [0.1, 0.15) is 37.8 Å². The SMILES string of the molecule is [C-]#[N+]c1ccc(OCC(O)COCC(O)COCCOCC(F)(F)OC(F)(F)OC(F)(F)CO)cc1. The van der Waals surface area contributed by atoms with Crippen molar-refractivity contribution in [2.45, 2.75) is 30.7 Å². The van der Waals surface area contributed by atoms with Gasteiger partial charge in [-0.15, -0.1) is 8.78 Å². The number of hydrogen-bond acceptors (Lipinski definition) is 9. The Balaban J connectivity index is 2.12. The lowest BCUT2D eigenvalue weighted by Gasteiger charge is -2.25. The topological polar surface area (TPSA) is 120 Å². The van der Waals surface area contributed by atoms with E-state index in [1.807, 2.05) is 0 Å². The highest BCUT2D eigenvalue weighted by Crippen LogP contribution is 2.33. The molecular weight excluding hydrogens is 512 g/mol. The van der Waals surface area contributed by atoms with Crippen molar-refractivity contribution in [2.75, 3.05) is 52.9 Å². The van der Waals surface area contributed by atoms with Crippen molar-refractivity contribution in [2.24, 2.45) is 0 Å². The van der Waals surface area contributed by atoms with Crippen LogP contribution < -0.4 is 4.74 Å². The van der Waals surface area contributed by atoms with E-state index < -0.39 is 50.5 Å². The van der Waals surface area contributed by atoms with Crippen LogP contribution in [0.1, 0.15) is 0 Å². The molecule has 0 aliphatic carbocycles. The molecule has 2 atom stereocenters. The van der Waals surface area contributed by atoms with Crippen LogP contribution in [0, 0.1) is 6.57 Å². The van der Waals surface area contributed by atoms with Gasteiger partial charge in [0.15, 0.2) is 5.69 Å². The molecule has 0 bridgehead atoms. The molecule has 2 unspecified atom stereocenters. The molecular formula is C20H25F6NO9. The normalized spacial score (nSPS) is 14.3. The first-order chi connectivity index (χ1) is 16.8. The van der Waals surface area contributed by atoms with E-state index in [0.29, 0.717) is 11.4 Å². The number of halogens is 6. The summed E-state index contributed by atoms with van der Waals surface area (Å²) >= 11 is 0. The average Bonchev–Trinajstić information content (AvgIpc) is 2.78. The molecule has 36 heavy (non-hydrogen) atoms. The van der Waals surface area contributed by atoms with Crippen molar-refractivity contribution >= 4 is 5.69 Å². The van der Waals surface area contributed by atoms with Crippen LogP contribution in [-0.4, -0.2) is 98.9 Å². The third kappa shape index (κ3) is 14.4. The Morgan fingerprint density at radius 2 is 1.31 bits per heavy atom. The molecule has 0 heterocycles. The Hall–Kier alpha value is -2.23. The summed E-state index contributed by atoms with van der Waals surface area (Å²) < 4.78 is 103. The van der Waals surface area contributed by atoms with Crippen LogP contribution in [0.15, 0.2) is 24.3 Å². The Bertz CT molecular complexity index is 795. The molecule has 0 saturated carbocycles. The monoisotopic (exact) mass is 537 g/mol. The highest BCUT2D eigenvalue weighted by atomic mass is 19.3. The summed E-state index contributed by atoms with van der Waals surface area (Å²) in [6, 6.07) is 6.21. The first-order valence-corrected chi connectivity index (χ1v) is 10.1. The fourth-order valence-corrected chi connectivity index (χ4v) is 2.20. The number of rotatable bonds is 19. The van der Waals surface area contributed by atoms with Crippen molar-refractivity contribution in [3.05, 3.63) is 35.7 Å². The van der Waals surface area contributed by atoms with E-state index in [0.717, 1.165) is 0 Å². The van der Waals surface area contributed by atoms with Crippen LogP contribution >= 0.6 is 0 Å². The fourth-order valence-electron chi connectivity index (χ4n) is 2.20. The maximum Gasteiger partial charge on any atom is 0.495 e. The van der Waals surface area contributed by atoms with Gasteiger partial charge in [-0.05, 0) is 12.1 Å². The molecule has 0 aromatic heterocycles. The van der Waals surface area contributed by atoms with E-state index in [2.05, 4.69) is 19.1 Å². The summed E-state index contributed by atoms with van der Waals surface area (Å²) in [5.41, 5.74) is 0.431. The number of benzene rings is 1. The second-order valence-corrected chi connectivity index (χ2v) is 6.99. The molecule has 0 saturated heterocycles. The van der Waals surface area contributed by atoms with Gasteiger partial charge in [-0.3, -0.25) is 0 Å². The van der Waals surface area contributed by atoms with Gasteiger partial charge in [0.05, 0.1) is 39.6 Å².